The maximum atomic E-state index is 4.66. The number of aromatic nitrogens is 1. The molecule has 1 nitrogen and oxygen atoms in total. The molecule has 0 saturated heterocycles. The van der Waals surface area contributed by atoms with E-state index in [2.05, 4.69) is 44.1 Å². The molecule has 1 aliphatic rings. The Bertz CT molecular complexity index is 352. The van der Waals surface area contributed by atoms with Crippen LogP contribution in [0.2, 0.25) is 0 Å². The molecular formula is C17H27N. The van der Waals surface area contributed by atoms with Crippen molar-refractivity contribution in [2.24, 2.45) is 11.3 Å². The van der Waals surface area contributed by atoms with Crippen LogP contribution in [0.5, 0.6) is 0 Å². The van der Waals surface area contributed by atoms with Crippen molar-refractivity contribution in [1.82, 2.24) is 4.98 Å². The zero-order valence-electron chi connectivity index (χ0n) is 12.2. The van der Waals surface area contributed by atoms with Crippen LogP contribution < -0.4 is 0 Å². The molecule has 1 heteroatoms. The van der Waals surface area contributed by atoms with E-state index in [4.69, 9.17) is 0 Å². The first-order chi connectivity index (χ1) is 8.53. The Morgan fingerprint density at radius 1 is 1.11 bits per heavy atom. The lowest BCUT2D eigenvalue weighted by atomic mass is 9.85. The second-order valence-corrected chi connectivity index (χ2v) is 7.10. The average Bonchev–Trinajstić information content (AvgIpc) is 2.31. The van der Waals surface area contributed by atoms with E-state index >= 15 is 0 Å². The number of nitrogens with zero attached hydrogens (tertiary/aromatic N) is 1. The second-order valence-electron chi connectivity index (χ2n) is 7.10. The van der Waals surface area contributed by atoms with E-state index in [0.29, 0.717) is 5.41 Å². The van der Waals surface area contributed by atoms with E-state index in [1.807, 2.05) is 0 Å². The van der Waals surface area contributed by atoms with Crippen molar-refractivity contribution in [2.45, 2.75) is 65.7 Å². The van der Waals surface area contributed by atoms with Gasteiger partial charge in [0, 0.05) is 11.9 Å². The Balaban J connectivity index is 1.90. The Morgan fingerprint density at radius 2 is 1.83 bits per heavy atom. The highest BCUT2D eigenvalue weighted by molar-refractivity contribution is 5.15. The minimum atomic E-state index is 0.354. The smallest absolute Gasteiger partial charge is 0.0406 e. The summed E-state index contributed by atoms with van der Waals surface area (Å²) in [7, 11) is 0. The molecular weight excluding hydrogens is 218 g/mol. The van der Waals surface area contributed by atoms with Crippen molar-refractivity contribution >= 4 is 0 Å². The van der Waals surface area contributed by atoms with Gasteiger partial charge in [0.25, 0.3) is 0 Å². The van der Waals surface area contributed by atoms with E-state index in [-0.39, 0.29) is 0 Å². The molecule has 18 heavy (non-hydrogen) atoms. The summed E-state index contributed by atoms with van der Waals surface area (Å²) < 4.78 is 0. The maximum absolute atomic E-state index is 4.66. The van der Waals surface area contributed by atoms with Crippen LogP contribution in [0.4, 0.5) is 0 Å². The van der Waals surface area contributed by atoms with Crippen molar-refractivity contribution in [3.05, 3.63) is 29.6 Å². The highest BCUT2D eigenvalue weighted by atomic mass is 14.7. The quantitative estimate of drug-likeness (QED) is 0.746. The van der Waals surface area contributed by atoms with Crippen LogP contribution in [0.3, 0.4) is 0 Å². The van der Waals surface area contributed by atoms with Gasteiger partial charge in [0.1, 0.15) is 0 Å². The van der Waals surface area contributed by atoms with Gasteiger partial charge in [-0.15, -0.1) is 0 Å². The van der Waals surface area contributed by atoms with Crippen molar-refractivity contribution in [2.75, 3.05) is 0 Å². The summed E-state index contributed by atoms with van der Waals surface area (Å²) in [6.07, 6.45) is 11.5. The third-order valence-electron chi connectivity index (χ3n) is 3.84. The minimum Gasteiger partial charge on any atom is -0.261 e. The van der Waals surface area contributed by atoms with Crippen molar-refractivity contribution < 1.29 is 0 Å². The summed E-state index contributed by atoms with van der Waals surface area (Å²) in [4.78, 5) is 4.66. The van der Waals surface area contributed by atoms with Crippen LogP contribution >= 0.6 is 0 Å². The molecule has 0 spiro atoms. The molecule has 1 aromatic heterocycles. The summed E-state index contributed by atoms with van der Waals surface area (Å²) in [5, 5.41) is 0. The topological polar surface area (TPSA) is 12.9 Å². The highest BCUT2D eigenvalue weighted by Gasteiger charge is 2.15. The van der Waals surface area contributed by atoms with Crippen LogP contribution in [0, 0.1) is 11.3 Å². The molecule has 0 N–H and O–H groups in total. The lowest BCUT2D eigenvalue weighted by molar-refractivity contribution is 0.354. The summed E-state index contributed by atoms with van der Waals surface area (Å²) in [6, 6.07) is 4.52. The average molecular weight is 245 g/mol. The zero-order chi connectivity index (χ0) is 13.0. The summed E-state index contributed by atoms with van der Waals surface area (Å²) >= 11 is 0. The van der Waals surface area contributed by atoms with Crippen LogP contribution in [-0.4, -0.2) is 4.98 Å². The summed E-state index contributed by atoms with van der Waals surface area (Å²) in [6.45, 7) is 6.84. The van der Waals surface area contributed by atoms with Crippen LogP contribution in [0.1, 0.15) is 64.1 Å². The van der Waals surface area contributed by atoms with Gasteiger partial charge in [-0.1, -0.05) is 58.9 Å². The Morgan fingerprint density at radius 3 is 2.39 bits per heavy atom. The molecule has 2 rings (SSSR count). The van der Waals surface area contributed by atoms with Crippen LogP contribution in [-0.2, 0) is 12.8 Å². The fraction of sp³-hybridized carbons (Fsp3) is 0.706. The monoisotopic (exact) mass is 245 g/mol. The lowest BCUT2D eigenvalue weighted by Crippen LogP contribution is -2.11. The van der Waals surface area contributed by atoms with Gasteiger partial charge in [0.15, 0.2) is 0 Å². The SMILES string of the molecule is CC(C)(C)Cc1ccc(CC2CCCCC2)nc1. The molecule has 1 fully saturated rings. The summed E-state index contributed by atoms with van der Waals surface area (Å²) in [5.41, 5.74) is 3.02. The fourth-order valence-corrected chi connectivity index (χ4v) is 2.98. The van der Waals surface area contributed by atoms with E-state index in [1.54, 1.807) is 0 Å². The van der Waals surface area contributed by atoms with Gasteiger partial charge in [-0.3, -0.25) is 4.98 Å². The highest BCUT2D eigenvalue weighted by Crippen LogP contribution is 2.26. The molecule has 1 aromatic rings. The maximum Gasteiger partial charge on any atom is 0.0406 e. The molecule has 1 saturated carbocycles. The third-order valence-corrected chi connectivity index (χ3v) is 3.84. The normalized spacial score (nSPS) is 17.9. The lowest BCUT2D eigenvalue weighted by Gasteiger charge is -2.21. The number of rotatable bonds is 3. The van der Waals surface area contributed by atoms with Crippen molar-refractivity contribution in [1.29, 1.82) is 0 Å². The number of pyridine rings is 1. The van der Waals surface area contributed by atoms with Gasteiger partial charge in [-0.05, 0) is 35.8 Å². The van der Waals surface area contributed by atoms with Gasteiger partial charge in [0.2, 0.25) is 0 Å². The van der Waals surface area contributed by atoms with Gasteiger partial charge in [-0.25, -0.2) is 0 Å². The molecule has 0 unspecified atom stereocenters. The predicted molar refractivity (Wildman–Crippen MR) is 77.7 cm³/mol. The van der Waals surface area contributed by atoms with Gasteiger partial charge >= 0.3 is 0 Å². The Labute approximate surface area is 112 Å². The first-order valence-corrected chi connectivity index (χ1v) is 7.47. The van der Waals surface area contributed by atoms with Crippen LogP contribution in [0.25, 0.3) is 0 Å². The fourth-order valence-electron chi connectivity index (χ4n) is 2.98. The summed E-state index contributed by atoms with van der Waals surface area (Å²) in [5.74, 6) is 0.889. The molecule has 1 heterocycles. The molecule has 0 amide bonds. The Kier molecular flexibility index (Phi) is 4.42. The molecule has 0 aliphatic heterocycles. The second kappa shape index (κ2) is 5.86. The van der Waals surface area contributed by atoms with Crippen LogP contribution in [0.15, 0.2) is 18.3 Å². The Hall–Kier alpha value is -0.850. The van der Waals surface area contributed by atoms with Crippen molar-refractivity contribution in [3.8, 4) is 0 Å². The first kappa shape index (κ1) is 13.6. The number of hydrogen-bond acceptors (Lipinski definition) is 1. The standard InChI is InChI=1S/C17H27N/c1-17(2,3)12-15-9-10-16(18-13-15)11-14-7-5-4-6-8-14/h9-10,13-14H,4-8,11-12H2,1-3H3. The molecule has 0 bridgehead atoms. The zero-order valence-corrected chi connectivity index (χ0v) is 12.2. The molecule has 0 atom stereocenters. The predicted octanol–water partition coefficient (Wildman–Crippen LogP) is 4.79. The first-order valence-electron chi connectivity index (χ1n) is 7.47. The molecule has 0 aromatic carbocycles. The van der Waals surface area contributed by atoms with Crippen molar-refractivity contribution in [3.63, 3.8) is 0 Å². The molecule has 100 valence electrons. The van der Waals surface area contributed by atoms with E-state index in [0.717, 1.165) is 12.3 Å². The third kappa shape index (κ3) is 4.44. The largest absolute Gasteiger partial charge is 0.261 e. The number of hydrogen-bond donors (Lipinski definition) is 0. The minimum absolute atomic E-state index is 0.354. The van der Waals surface area contributed by atoms with E-state index in [1.165, 1.54) is 49.8 Å². The van der Waals surface area contributed by atoms with E-state index < -0.39 is 0 Å². The van der Waals surface area contributed by atoms with E-state index in [9.17, 15) is 0 Å². The van der Waals surface area contributed by atoms with Gasteiger partial charge in [-0.2, -0.15) is 0 Å². The van der Waals surface area contributed by atoms with Gasteiger partial charge in [0.05, 0.1) is 0 Å². The molecule has 0 radical (unpaired) electrons. The van der Waals surface area contributed by atoms with Gasteiger partial charge < -0.3 is 0 Å². The molecule has 1 aliphatic carbocycles.